The van der Waals surface area contributed by atoms with E-state index >= 15 is 0 Å². The molecule has 25 heavy (non-hydrogen) atoms. The van der Waals surface area contributed by atoms with Gasteiger partial charge in [-0.3, -0.25) is 4.79 Å². The number of methoxy groups -OCH3 is 2. The van der Waals surface area contributed by atoms with Crippen molar-refractivity contribution in [2.24, 2.45) is 0 Å². The molecular weight excluding hydrogens is 338 g/mol. The van der Waals surface area contributed by atoms with Crippen LogP contribution >= 0.6 is 11.8 Å². The molecule has 0 aliphatic carbocycles. The van der Waals surface area contributed by atoms with E-state index in [1.54, 1.807) is 14.2 Å². The number of rotatable bonds is 8. The Morgan fingerprint density at radius 1 is 1.08 bits per heavy atom. The Balaban J connectivity index is 2.06. The van der Waals surface area contributed by atoms with Crippen molar-refractivity contribution in [2.45, 2.75) is 24.0 Å². The van der Waals surface area contributed by atoms with Gasteiger partial charge in [-0.05, 0) is 44.2 Å². The maximum Gasteiger partial charge on any atom is 0.237 e. The summed E-state index contributed by atoms with van der Waals surface area (Å²) in [7, 11) is 3.18. The Morgan fingerprint density at radius 3 is 2.48 bits per heavy atom. The molecule has 6 heteroatoms. The number of carbonyl (C=O) groups is 1. The normalized spacial score (nSPS) is 11.5. The number of anilines is 1. The van der Waals surface area contributed by atoms with Gasteiger partial charge in [-0.2, -0.15) is 0 Å². The zero-order valence-electron chi connectivity index (χ0n) is 14.9. The second-order valence-corrected chi connectivity index (χ2v) is 6.61. The fourth-order valence-electron chi connectivity index (χ4n) is 2.23. The standard InChI is InChI=1S/C19H23NO4S/c1-5-24-16-9-7-6-8-15(16)20-19(21)13(2)25-14-10-11-17(22-3)18(12-14)23-4/h6-13H,5H2,1-4H3,(H,20,21)/t13-/m0/s1. The zero-order valence-corrected chi connectivity index (χ0v) is 15.7. The van der Waals surface area contributed by atoms with Crippen molar-refractivity contribution in [3.63, 3.8) is 0 Å². The molecule has 2 rings (SSSR count). The van der Waals surface area contributed by atoms with Gasteiger partial charge in [0.1, 0.15) is 5.75 Å². The molecule has 0 radical (unpaired) electrons. The zero-order chi connectivity index (χ0) is 18.2. The number of para-hydroxylation sites is 2. The number of nitrogens with one attached hydrogen (secondary N) is 1. The van der Waals surface area contributed by atoms with E-state index in [0.717, 1.165) is 4.90 Å². The SMILES string of the molecule is CCOc1ccccc1NC(=O)[C@H](C)Sc1ccc(OC)c(OC)c1. The molecule has 0 saturated heterocycles. The van der Waals surface area contributed by atoms with E-state index in [0.29, 0.717) is 29.5 Å². The molecule has 0 aliphatic heterocycles. The Bertz CT molecular complexity index is 720. The smallest absolute Gasteiger partial charge is 0.237 e. The molecule has 0 fully saturated rings. The number of hydrogen-bond acceptors (Lipinski definition) is 5. The third-order valence-electron chi connectivity index (χ3n) is 3.48. The lowest BCUT2D eigenvalue weighted by Crippen LogP contribution is -2.22. The van der Waals surface area contributed by atoms with Gasteiger partial charge in [0.2, 0.25) is 5.91 Å². The summed E-state index contributed by atoms with van der Waals surface area (Å²) < 4.78 is 16.1. The maximum atomic E-state index is 12.5. The van der Waals surface area contributed by atoms with Crippen molar-refractivity contribution < 1.29 is 19.0 Å². The summed E-state index contributed by atoms with van der Waals surface area (Å²) >= 11 is 1.45. The van der Waals surface area contributed by atoms with Gasteiger partial charge in [0.15, 0.2) is 11.5 Å². The van der Waals surface area contributed by atoms with Crippen molar-refractivity contribution in [3.8, 4) is 17.2 Å². The van der Waals surface area contributed by atoms with Gasteiger partial charge < -0.3 is 19.5 Å². The van der Waals surface area contributed by atoms with Crippen LogP contribution in [0.1, 0.15) is 13.8 Å². The predicted molar refractivity (Wildman–Crippen MR) is 101 cm³/mol. The molecule has 1 amide bonds. The van der Waals surface area contributed by atoms with Crippen molar-refractivity contribution in [1.29, 1.82) is 0 Å². The molecule has 2 aromatic carbocycles. The van der Waals surface area contributed by atoms with Crippen LogP contribution in [0.15, 0.2) is 47.4 Å². The van der Waals surface area contributed by atoms with Crippen LogP contribution in [0.2, 0.25) is 0 Å². The van der Waals surface area contributed by atoms with Crippen LogP contribution in [0.4, 0.5) is 5.69 Å². The van der Waals surface area contributed by atoms with Crippen molar-refractivity contribution in [1.82, 2.24) is 0 Å². The van der Waals surface area contributed by atoms with Gasteiger partial charge in [-0.15, -0.1) is 11.8 Å². The third kappa shape index (κ3) is 5.06. The molecule has 2 aromatic rings. The molecule has 1 atom stereocenters. The van der Waals surface area contributed by atoms with Crippen molar-refractivity contribution >= 4 is 23.4 Å². The van der Waals surface area contributed by atoms with Crippen molar-refractivity contribution in [2.75, 3.05) is 26.1 Å². The fraction of sp³-hybridized carbons (Fsp3) is 0.316. The lowest BCUT2D eigenvalue weighted by molar-refractivity contribution is -0.115. The topological polar surface area (TPSA) is 56.8 Å². The summed E-state index contributed by atoms with van der Waals surface area (Å²) in [5.41, 5.74) is 0.675. The second kappa shape index (κ2) is 9.22. The summed E-state index contributed by atoms with van der Waals surface area (Å²) in [5, 5.41) is 2.64. The van der Waals surface area contributed by atoms with E-state index in [-0.39, 0.29) is 11.2 Å². The average Bonchev–Trinajstić information content (AvgIpc) is 2.63. The minimum atomic E-state index is -0.284. The first-order valence-corrected chi connectivity index (χ1v) is 8.88. The number of thioether (sulfide) groups is 1. The van der Waals surface area contributed by atoms with Crippen LogP contribution < -0.4 is 19.5 Å². The van der Waals surface area contributed by atoms with Gasteiger partial charge in [0.05, 0.1) is 31.8 Å². The molecule has 0 saturated carbocycles. The van der Waals surface area contributed by atoms with E-state index in [1.165, 1.54) is 11.8 Å². The quantitative estimate of drug-likeness (QED) is 0.714. The highest BCUT2D eigenvalue weighted by Crippen LogP contribution is 2.34. The largest absolute Gasteiger partial charge is 0.493 e. The minimum Gasteiger partial charge on any atom is -0.493 e. The summed E-state index contributed by atoms with van der Waals surface area (Å²) in [6, 6.07) is 13.0. The molecule has 0 bridgehead atoms. The number of carbonyl (C=O) groups excluding carboxylic acids is 1. The first kappa shape index (κ1) is 19.0. The van der Waals surface area contributed by atoms with Crippen LogP contribution in [-0.2, 0) is 4.79 Å². The molecular formula is C19H23NO4S. The number of hydrogen-bond donors (Lipinski definition) is 1. The summed E-state index contributed by atoms with van der Waals surface area (Å²) in [4.78, 5) is 13.4. The fourth-order valence-corrected chi connectivity index (χ4v) is 3.13. The van der Waals surface area contributed by atoms with Crippen LogP contribution in [0.25, 0.3) is 0 Å². The minimum absolute atomic E-state index is 0.0908. The van der Waals surface area contributed by atoms with Crippen LogP contribution in [0, 0.1) is 0 Å². The van der Waals surface area contributed by atoms with Crippen LogP contribution in [0.5, 0.6) is 17.2 Å². The highest BCUT2D eigenvalue weighted by atomic mass is 32.2. The Hall–Kier alpha value is -2.34. The lowest BCUT2D eigenvalue weighted by Gasteiger charge is -2.15. The molecule has 5 nitrogen and oxygen atoms in total. The summed E-state index contributed by atoms with van der Waals surface area (Å²) in [6.07, 6.45) is 0. The van der Waals surface area contributed by atoms with E-state index in [4.69, 9.17) is 14.2 Å². The summed E-state index contributed by atoms with van der Waals surface area (Å²) in [6.45, 7) is 4.32. The highest BCUT2D eigenvalue weighted by molar-refractivity contribution is 8.00. The molecule has 0 unspecified atom stereocenters. The van der Waals surface area contributed by atoms with Gasteiger partial charge >= 0.3 is 0 Å². The molecule has 0 aliphatic rings. The maximum absolute atomic E-state index is 12.5. The van der Waals surface area contributed by atoms with Gasteiger partial charge in [-0.25, -0.2) is 0 Å². The summed E-state index contributed by atoms with van der Waals surface area (Å²) in [5.74, 6) is 1.88. The second-order valence-electron chi connectivity index (χ2n) is 5.20. The molecule has 1 N–H and O–H groups in total. The average molecular weight is 361 g/mol. The van der Waals surface area contributed by atoms with E-state index < -0.39 is 0 Å². The Kier molecular flexibility index (Phi) is 7.01. The number of benzene rings is 2. The lowest BCUT2D eigenvalue weighted by atomic mass is 10.3. The van der Waals surface area contributed by atoms with Gasteiger partial charge in [0, 0.05) is 4.90 Å². The Morgan fingerprint density at radius 2 is 1.80 bits per heavy atom. The first-order valence-electron chi connectivity index (χ1n) is 8.00. The predicted octanol–water partition coefficient (Wildman–Crippen LogP) is 4.22. The van der Waals surface area contributed by atoms with Crippen LogP contribution in [-0.4, -0.2) is 32.0 Å². The number of amides is 1. The van der Waals surface area contributed by atoms with Crippen LogP contribution in [0.3, 0.4) is 0 Å². The first-order chi connectivity index (χ1) is 12.1. The number of ether oxygens (including phenoxy) is 3. The Labute approximate surface area is 152 Å². The van der Waals surface area contributed by atoms with E-state index in [2.05, 4.69) is 5.32 Å². The van der Waals surface area contributed by atoms with E-state index in [9.17, 15) is 4.79 Å². The molecule has 134 valence electrons. The van der Waals surface area contributed by atoms with Crippen molar-refractivity contribution in [3.05, 3.63) is 42.5 Å². The highest BCUT2D eigenvalue weighted by Gasteiger charge is 2.17. The monoisotopic (exact) mass is 361 g/mol. The molecule has 0 aromatic heterocycles. The molecule has 0 spiro atoms. The van der Waals surface area contributed by atoms with E-state index in [1.807, 2.05) is 56.3 Å². The molecule has 0 heterocycles. The third-order valence-corrected chi connectivity index (χ3v) is 4.58. The van der Waals surface area contributed by atoms with Gasteiger partial charge in [0.25, 0.3) is 0 Å². The van der Waals surface area contributed by atoms with Gasteiger partial charge in [-0.1, -0.05) is 12.1 Å².